The Morgan fingerprint density at radius 3 is 1.50 bits per heavy atom. The Labute approximate surface area is 50.1 Å². The molecule has 0 saturated heterocycles. The Hall–Kier alpha value is 0.572. The molecule has 3 nitrogen and oxygen atoms in total. The van der Waals surface area contributed by atoms with E-state index in [0.29, 0.717) is 6.26 Å². The van der Waals surface area contributed by atoms with Gasteiger partial charge < -0.3 is 0 Å². The molecule has 6 heavy (non-hydrogen) atoms. The second-order valence-electron chi connectivity index (χ2n) is 0.733. The number of hydrogen-bond acceptors (Lipinski definition) is 2. The second kappa shape index (κ2) is 2.70. The van der Waals surface area contributed by atoms with Crippen molar-refractivity contribution >= 4 is 10.1 Å². The molecule has 0 aliphatic carbocycles. The van der Waals surface area contributed by atoms with Gasteiger partial charge in [0, 0.05) is 20.4 Å². The molecule has 0 aliphatic heterocycles. The van der Waals surface area contributed by atoms with E-state index in [0.717, 1.165) is 0 Å². The third kappa shape index (κ3) is 178. The van der Waals surface area contributed by atoms with Gasteiger partial charge in [0.1, 0.15) is 0 Å². The molecule has 0 aromatic carbocycles. The first-order valence-corrected chi connectivity index (χ1v) is 2.77. The van der Waals surface area contributed by atoms with Crippen LogP contribution in [0.15, 0.2) is 0 Å². The molecule has 0 fully saturated rings. The molecule has 0 heterocycles. The summed E-state index contributed by atoms with van der Waals surface area (Å²) < 4.78 is 25.9. The zero-order chi connectivity index (χ0) is 4.50. The molecule has 0 atom stereocenters. The molecule has 0 saturated carbocycles. The van der Waals surface area contributed by atoms with E-state index < -0.39 is 10.1 Å². The normalized spacial score (nSPS) is 9.67. The Balaban J connectivity index is 0. The van der Waals surface area contributed by atoms with E-state index in [1.54, 1.807) is 0 Å². The first-order valence-electron chi connectivity index (χ1n) is 0.924. The summed E-state index contributed by atoms with van der Waals surface area (Å²) in [5, 5.41) is 0. The van der Waals surface area contributed by atoms with E-state index in [2.05, 4.69) is 0 Å². The van der Waals surface area contributed by atoms with Crippen molar-refractivity contribution < 1.29 is 33.4 Å². The molecule has 0 aromatic heterocycles. The quantitative estimate of drug-likeness (QED) is 0.426. The fraction of sp³-hybridized carbons (Fsp3) is 1.00. The van der Waals surface area contributed by atoms with E-state index >= 15 is 0 Å². The third-order valence-corrected chi connectivity index (χ3v) is 0. The van der Waals surface area contributed by atoms with Gasteiger partial charge in [-0.2, -0.15) is 8.42 Å². The molecule has 0 aromatic rings. The van der Waals surface area contributed by atoms with Crippen molar-refractivity contribution in [2.75, 3.05) is 6.26 Å². The van der Waals surface area contributed by atoms with Crippen LogP contribution in [0.25, 0.3) is 0 Å². The average molecular weight is 203 g/mol. The molecular weight excluding hydrogens is 198 g/mol. The molecule has 0 rings (SSSR count). The van der Waals surface area contributed by atoms with E-state index in [4.69, 9.17) is 4.55 Å². The van der Waals surface area contributed by atoms with Crippen LogP contribution in [0.3, 0.4) is 0 Å². The maximum atomic E-state index is 9.19. The average Bonchev–Trinajstić information content (AvgIpc) is 0.722. The minimum absolute atomic E-state index is 0. The van der Waals surface area contributed by atoms with Gasteiger partial charge in [-0.25, -0.2) is 0 Å². The van der Waals surface area contributed by atoms with Crippen LogP contribution >= 0.6 is 0 Å². The van der Waals surface area contributed by atoms with E-state index in [1.807, 2.05) is 0 Å². The van der Waals surface area contributed by atoms with Gasteiger partial charge in [-0.05, 0) is 0 Å². The van der Waals surface area contributed by atoms with Gasteiger partial charge in [-0.15, -0.1) is 0 Å². The molecule has 1 N–H and O–H groups in total. The van der Waals surface area contributed by atoms with Gasteiger partial charge in [0.2, 0.25) is 0 Å². The van der Waals surface area contributed by atoms with Crippen LogP contribution in [0.5, 0.6) is 0 Å². The minimum atomic E-state index is -3.67. The molecule has 0 amide bonds. The molecule has 0 aliphatic rings. The van der Waals surface area contributed by atoms with Crippen LogP contribution in [-0.2, 0) is 30.5 Å². The van der Waals surface area contributed by atoms with Crippen LogP contribution in [-0.4, -0.2) is 19.2 Å². The van der Waals surface area contributed by atoms with Gasteiger partial charge in [-0.3, -0.25) is 4.55 Å². The monoisotopic (exact) mass is 202 g/mol. The second-order valence-corrected chi connectivity index (χ2v) is 2.20. The van der Waals surface area contributed by atoms with Crippen LogP contribution in [0, 0.1) is 0 Å². The predicted molar refractivity (Wildman–Crippen MR) is 17.5 cm³/mol. The van der Waals surface area contributed by atoms with Crippen LogP contribution < -0.4 is 0 Å². The van der Waals surface area contributed by atoms with Gasteiger partial charge in [-0.1, -0.05) is 0 Å². The minimum Gasteiger partial charge on any atom is -0.286 e. The summed E-state index contributed by atoms with van der Waals surface area (Å²) in [6, 6.07) is 0. The number of hydrogen-bond donors (Lipinski definition) is 1. The van der Waals surface area contributed by atoms with Gasteiger partial charge in [0.15, 0.2) is 0 Å². The maximum Gasteiger partial charge on any atom is 0.261 e. The van der Waals surface area contributed by atoms with Gasteiger partial charge >= 0.3 is 0 Å². The first-order chi connectivity index (χ1) is 2.00. The molecule has 0 radical (unpaired) electrons. The summed E-state index contributed by atoms with van der Waals surface area (Å²) in [6.45, 7) is 0. The van der Waals surface area contributed by atoms with Crippen LogP contribution in [0.1, 0.15) is 0 Å². The summed E-state index contributed by atoms with van der Waals surface area (Å²) in [5.74, 6) is 0. The maximum absolute atomic E-state index is 9.19. The van der Waals surface area contributed by atoms with E-state index in [-0.39, 0.29) is 20.4 Å². The zero-order valence-electron chi connectivity index (χ0n) is 2.99. The number of rotatable bonds is 0. The van der Waals surface area contributed by atoms with E-state index in [9.17, 15) is 8.42 Å². The molecule has 42 valence electrons. The van der Waals surface area contributed by atoms with Crippen LogP contribution in [0.4, 0.5) is 0 Å². The molecule has 0 unspecified atom stereocenters. The largest absolute Gasteiger partial charge is 0.286 e. The topological polar surface area (TPSA) is 54.4 Å². The Morgan fingerprint density at radius 1 is 1.50 bits per heavy atom. The smallest absolute Gasteiger partial charge is 0.261 e. The van der Waals surface area contributed by atoms with Crippen molar-refractivity contribution in [3.63, 3.8) is 0 Å². The van der Waals surface area contributed by atoms with Crippen molar-refractivity contribution in [1.29, 1.82) is 0 Å². The van der Waals surface area contributed by atoms with Crippen molar-refractivity contribution in [2.24, 2.45) is 0 Å². The molecule has 5 heteroatoms. The molecule has 0 bridgehead atoms. The van der Waals surface area contributed by atoms with Crippen molar-refractivity contribution in [3.05, 3.63) is 0 Å². The summed E-state index contributed by atoms with van der Waals surface area (Å²) in [7, 11) is -3.67. The Bertz CT molecular complexity index is 94.0. The van der Waals surface area contributed by atoms with E-state index in [1.165, 1.54) is 0 Å². The summed E-state index contributed by atoms with van der Waals surface area (Å²) in [5.41, 5.74) is 0. The summed E-state index contributed by atoms with van der Waals surface area (Å²) >= 11 is 0. The molecule has 0 spiro atoms. The standard InChI is InChI=1S/CH4O3S.Pd/c1-5(2,3)4;/h1H3,(H,2,3,4);. The Morgan fingerprint density at radius 2 is 1.50 bits per heavy atom. The van der Waals surface area contributed by atoms with Crippen LogP contribution in [0.2, 0.25) is 0 Å². The van der Waals surface area contributed by atoms with Crippen molar-refractivity contribution in [3.8, 4) is 0 Å². The molecular formula is CH4O3PdS. The Kier molecular flexibility index (Phi) is 4.39. The van der Waals surface area contributed by atoms with Gasteiger partial charge in [0.25, 0.3) is 10.1 Å². The fourth-order valence-electron chi connectivity index (χ4n) is 0. The van der Waals surface area contributed by atoms with Gasteiger partial charge in [0.05, 0.1) is 6.26 Å². The third-order valence-electron chi connectivity index (χ3n) is 0. The fourth-order valence-corrected chi connectivity index (χ4v) is 0. The van der Waals surface area contributed by atoms with Crippen molar-refractivity contribution in [1.82, 2.24) is 0 Å². The zero-order valence-corrected chi connectivity index (χ0v) is 5.36. The SMILES string of the molecule is CS(=O)(=O)O.[Pd]. The van der Waals surface area contributed by atoms with Crippen molar-refractivity contribution in [2.45, 2.75) is 0 Å². The predicted octanol–water partition coefficient (Wildman–Crippen LogP) is -0.498. The summed E-state index contributed by atoms with van der Waals surface area (Å²) in [4.78, 5) is 0. The summed E-state index contributed by atoms with van der Waals surface area (Å²) in [6.07, 6.45) is 0.715. The first kappa shape index (κ1) is 9.76.